The van der Waals surface area contributed by atoms with E-state index < -0.39 is 0 Å². The van der Waals surface area contributed by atoms with Gasteiger partial charge in [-0.25, -0.2) is 5.43 Å². The lowest BCUT2D eigenvalue weighted by molar-refractivity contribution is 0.0954. The average Bonchev–Trinajstić information content (AvgIpc) is 3.03. The van der Waals surface area contributed by atoms with Crippen molar-refractivity contribution in [2.45, 2.75) is 13.3 Å². The van der Waals surface area contributed by atoms with Gasteiger partial charge in [0.1, 0.15) is 0 Å². The molecule has 0 unspecified atom stereocenters. The Labute approximate surface area is 138 Å². The lowest BCUT2D eigenvalue weighted by Crippen LogP contribution is -2.20. The maximum Gasteiger partial charge on any atom is 0.271 e. The molecule has 0 atom stereocenters. The van der Waals surface area contributed by atoms with Crippen LogP contribution in [0.25, 0.3) is 0 Å². The van der Waals surface area contributed by atoms with Crippen LogP contribution in [0.5, 0.6) is 11.5 Å². The summed E-state index contributed by atoms with van der Waals surface area (Å²) in [7, 11) is 0. The molecule has 0 aliphatic carbocycles. The highest BCUT2D eigenvalue weighted by molar-refractivity contribution is 6.31. The lowest BCUT2D eigenvalue weighted by Gasteiger charge is -2.06. The molecule has 0 aromatic heterocycles. The van der Waals surface area contributed by atoms with Gasteiger partial charge in [0.15, 0.2) is 11.5 Å². The van der Waals surface area contributed by atoms with E-state index in [2.05, 4.69) is 10.5 Å². The number of halogens is 1. The normalized spacial score (nSPS) is 13.0. The number of carbonyl (C=O) groups is 1. The van der Waals surface area contributed by atoms with Gasteiger partial charge in [0.05, 0.1) is 5.71 Å². The molecule has 23 heavy (non-hydrogen) atoms. The maximum absolute atomic E-state index is 12.2. The quantitative estimate of drug-likeness (QED) is 0.688. The van der Waals surface area contributed by atoms with E-state index in [9.17, 15) is 4.79 Å². The van der Waals surface area contributed by atoms with Crippen molar-refractivity contribution in [1.82, 2.24) is 5.43 Å². The summed E-state index contributed by atoms with van der Waals surface area (Å²) in [5, 5.41) is 4.84. The largest absolute Gasteiger partial charge is 0.454 e. The molecule has 0 saturated carbocycles. The van der Waals surface area contributed by atoms with Crippen molar-refractivity contribution in [3.8, 4) is 11.5 Å². The van der Waals surface area contributed by atoms with Gasteiger partial charge in [0, 0.05) is 10.6 Å². The molecule has 5 nitrogen and oxygen atoms in total. The van der Waals surface area contributed by atoms with Crippen molar-refractivity contribution in [3.63, 3.8) is 0 Å². The van der Waals surface area contributed by atoms with Gasteiger partial charge in [0.25, 0.3) is 5.91 Å². The van der Waals surface area contributed by atoms with Crippen LogP contribution < -0.4 is 14.9 Å². The molecule has 1 heterocycles. The summed E-state index contributed by atoms with van der Waals surface area (Å²) in [5.41, 5.74) is 4.66. The van der Waals surface area contributed by atoms with Crippen LogP contribution >= 0.6 is 11.6 Å². The van der Waals surface area contributed by atoms with Crippen molar-refractivity contribution in [2.24, 2.45) is 5.10 Å². The van der Waals surface area contributed by atoms with Crippen LogP contribution in [-0.4, -0.2) is 18.4 Å². The molecule has 118 valence electrons. The molecule has 0 spiro atoms. The Kier molecular flexibility index (Phi) is 4.48. The van der Waals surface area contributed by atoms with Gasteiger partial charge in [-0.05, 0) is 42.3 Å². The number of benzene rings is 2. The summed E-state index contributed by atoms with van der Waals surface area (Å²) < 4.78 is 10.5. The van der Waals surface area contributed by atoms with Crippen LogP contribution in [0.15, 0.2) is 47.6 Å². The third kappa shape index (κ3) is 3.46. The predicted molar refractivity (Wildman–Crippen MR) is 88.3 cm³/mol. The minimum Gasteiger partial charge on any atom is -0.454 e. The van der Waals surface area contributed by atoms with E-state index in [0.29, 0.717) is 28.5 Å². The van der Waals surface area contributed by atoms with Gasteiger partial charge in [0.2, 0.25) is 6.79 Å². The minimum absolute atomic E-state index is 0.174. The second-order valence-corrected chi connectivity index (χ2v) is 5.37. The molecule has 0 radical (unpaired) electrons. The van der Waals surface area contributed by atoms with Gasteiger partial charge in [-0.15, -0.1) is 0 Å². The number of amides is 1. The van der Waals surface area contributed by atoms with Crippen LogP contribution in [0.3, 0.4) is 0 Å². The molecule has 1 aliphatic heterocycles. The average molecular weight is 331 g/mol. The van der Waals surface area contributed by atoms with Crippen LogP contribution in [0.1, 0.15) is 29.3 Å². The summed E-state index contributed by atoms with van der Waals surface area (Å²) in [4.78, 5) is 12.2. The topological polar surface area (TPSA) is 59.9 Å². The first-order valence-electron chi connectivity index (χ1n) is 7.20. The molecule has 0 fully saturated rings. The second kappa shape index (κ2) is 6.71. The maximum atomic E-state index is 12.2. The van der Waals surface area contributed by atoms with Crippen LogP contribution in [-0.2, 0) is 0 Å². The fraction of sp³-hybridized carbons (Fsp3) is 0.176. The molecule has 6 heteroatoms. The van der Waals surface area contributed by atoms with E-state index in [4.69, 9.17) is 21.1 Å². The van der Waals surface area contributed by atoms with E-state index in [-0.39, 0.29) is 12.7 Å². The standard InChI is InChI=1S/C17H15ClN2O3/c1-2-14(11-4-3-5-13(18)8-11)19-20-17(21)12-6-7-15-16(9-12)23-10-22-15/h3-9H,2,10H2,1H3,(H,20,21). The van der Waals surface area contributed by atoms with E-state index >= 15 is 0 Å². The number of hydrogen-bond donors (Lipinski definition) is 1. The summed E-state index contributed by atoms with van der Waals surface area (Å²) in [6.45, 7) is 2.14. The van der Waals surface area contributed by atoms with Crippen molar-refractivity contribution in [3.05, 3.63) is 58.6 Å². The number of nitrogens with one attached hydrogen (secondary N) is 1. The summed E-state index contributed by atoms with van der Waals surface area (Å²) in [5.74, 6) is 0.890. The van der Waals surface area contributed by atoms with E-state index in [1.165, 1.54) is 0 Å². The Morgan fingerprint density at radius 2 is 2.00 bits per heavy atom. The highest BCUT2D eigenvalue weighted by Gasteiger charge is 2.16. The molecule has 0 saturated heterocycles. The van der Waals surface area contributed by atoms with Crippen molar-refractivity contribution in [2.75, 3.05) is 6.79 Å². The van der Waals surface area contributed by atoms with E-state index in [1.807, 2.05) is 25.1 Å². The minimum atomic E-state index is -0.309. The Morgan fingerprint density at radius 1 is 1.17 bits per heavy atom. The van der Waals surface area contributed by atoms with Gasteiger partial charge in [-0.1, -0.05) is 30.7 Å². The SMILES string of the molecule is CCC(=NNC(=O)c1ccc2c(c1)OCO2)c1cccc(Cl)c1. The molecular formula is C17H15ClN2O3. The highest BCUT2D eigenvalue weighted by Crippen LogP contribution is 2.32. The van der Waals surface area contributed by atoms with Crippen LogP contribution in [0.2, 0.25) is 5.02 Å². The van der Waals surface area contributed by atoms with E-state index in [0.717, 1.165) is 11.3 Å². The highest BCUT2D eigenvalue weighted by atomic mass is 35.5. The first-order valence-corrected chi connectivity index (χ1v) is 7.57. The first kappa shape index (κ1) is 15.4. The van der Waals surface area contributed by atoms with Gasteiger partial charge in [-0.3, -0.25) is 4.79 Å². The lowest BCUT2D eigenvalue weighted by atomic mass is 10.1. The molecule has 3 rings (SSSR count). The Hall–Kier alpha value is -2.53. The number of hydrogen-bond acceptors (Lipinski definition) is 4. The number of hydrazone groups is 1. The Balaban J connectivity index is 1.76. The second-order valence-electron chi connectivity index (χ2n) is 4.93. The molecule has 2 aromatic rings. The summed E-state index contributed by atoms with van der Waals surface area (Å²) in [6, 6.07) is 12.4. The molecule has 0 bridgehead atoms. The van der Waals surface area contributed by atoms with Gasteiger partial charge >= 0.3 is 0 Å². The predicted octanol–water partition coefficient (Wildman–Crippen LogP) is 3.61. The van der Waals surface area contributed by atoms with Gasteiger partial charge < -0.3 is 9.47 Å². The molecular weight excluding hydrogens is 316 g/mol. The van der Waals surface area contributed by atoms with Crippen molar-refractivity contribution < 1.29 is 14.3 Å². The molecule has 1 amide bonds. The van der Waals surface area contributed by atoms with E-state index in [1.54, 1.807) is 24.3 Å². The number of fused-ring (bicyclic) bond motifs is 1. The van der Waals surface area contributed by atoms with Gasteiger partial charge in [-0.2, -0.15) is 5.10 Å². The zero-order valence-electron chi connectivity index (χ0n) is 12.5. The third-order valence-corrected chi connectivity index (χ3v) is 3.65. The first-order chi connectivity index (χ1) is 11.2. The fourth-order valence-electron chi connectivity index (χ4n) is 2.24. The fourth-order valence-corrected chi connectivity index (χ4v) is 2.43. The Bertz CT molecular complexity index is 774. The number of rotatable bonds is 4. The van der Waals surface area contributed by atoms with Crippen LogP contribution in [0, 0.1) is 0 Å². The number of carbonyl (C=O) groups excluding carboxylic acids is 1. The molecule has 1 N–H and O–H groups in total. The molecule has 1 aliphatic rings. The smallest absolute Gasteiger partial charge is 0.271 e. The number of nitrogens with zero attached hydrogens (tertiary/aromatic N) is 1. The third-order valence-electron chi connectivity index (χ3n) is 3.42. The molecule has 2 aromatic carbocycles. The van der Waals surface area contributed by atoms with Crippen molar-refractivity contribution >= 4 is 23.2 Å². The zero-order valence-corrected chi connectivity index (χ0v) is 13.3. The zero-order chi connectivity index (χ0) is 16.2. The summed E-state index contributed by atoms with van der Waals surface area (Å²) >= 11 is 5.99. The van der Waals surface area contributed by atoms with Crippen LogP contribution in [0.4, 0.5) is 0 Å². The van der Waals surface area contributed by atoms with Crippen molar-refractivity contribution in [1.29, 1.82) is 0 Å². The number of ether oxygens (including phenoxy) is 2. The Morgan fingerprint density at radius 3 is 2.78 bits per heavy atom. The monoisotopic (exact) mass is 330 g/mol. The summed E-state index contributed by atoms with van der Waals surface area (Å²) in [6.07, 6.45) is 0.668.